The topological polar surface area (TPSA) is 85.2 Å². The van der Waals surface area contributed by atoms with E-state index < -0.39 is 0 Å². The highest BCUT2D eigenvalue weighted by Gasteiger charge is 2.31. The number of hydrogen-bond acceptors (Lipinski definition) is 4. The summed E-state index contributed by atoms with van der Waals surface area (Å²) in [5.41, 5.74) is 1.14. The SMILES string of the molecule is CC(C(=O)Nc1cccc(C#N)c1)N1CCCC(C(=O)NC2CCCCC2)C1. The molecule has 1 saturated carbocycles. The molecule has 1 aliphatic heterocycles. The first-order valence-corrected chi connectivity index (χ1v) is 10.4. The largest absolute Gasteiger partial charge is 0.353 e. The van der Waals surface area contributed by atoms with Crippen molar-refractivity contribution < 1.29 is 9.59 Å². The molecule has 150 valence electrons. The van der Waals surface area contributed by atoms with Gasteiger partial charge >= 0.3 is 0 Å². The van der Waals surface area contributed by atoms with Gasteiger partial charge in [-0.1, -0.05) is 25.3 Å². The fourth-order valence-electron chi connectivity index (χ4n) is 4.22. The standard InChI is InChI=1S/C22H30N4O2/c1-16(21(27)25-20-11-5-7-17(13-20)14-23)26-12-6-8-18(15-26)22(28)24-19-9-3-2-4-10-19/h5,7,11,13,16,18-19H,2-4,6,8-10,12,15H2,1H3,(H,24,28)(H,25,27). The zero-order valence-corrected chi connectivity index (χ0v) is 16.6. The Balaban J connectivity index is 1.54. The summed E-state index contributed by atoms with van der Waals surface area (Å²) in [4.78, 5) is 27.5. The van der Waals surface area contributed by atoms with Crippen molar-refractivity contribution in [2.75, 3.05) is 18.4 Å². The molecular weight excluding hydrogens is 352 g/mol. The van der Waals surface area contributed by atoms with Crippen LogP contribution in [0.3, 0.4) is 0 Å². The zero-order valence-electron chi connectivity index (χ0n) is 16.6. The van der Waals surface area contributed by atoms with Crippen molar-refractivity contribution in [1.82, 2.24) is 10.2 Å². The van der Waals surface area contributed by atoms with E-state index in [1.165, 1.54) is 19.3 Å². The summed E-state index contributed by atoms with van der Waals surface area (Å²) >= 11 is 0. The molecule has 3 rings (SSSR count). The van der Waals surface area contributed by atoms with Gasteiger partial charge in [0.15, 0.2) is 0 Å². The number of nitriles is 1. The van der Waals surface area contributed by atoms with E-state index in [1.807, 2.05) is 6.92 Å². The van der Waals surface area contributed by atoms with Crippen LogP contribution in [0.1, 0.15) is 57.4 Å². The number of hydrogen-bond donors (Lipinski definition) is 2. The Morgan fingerprint density at radius 1 is 1.18 bits per heavy atom. The number of likely N-dealkylation sites (tertiary alicyclic amines) is 1. The third-order valence-electron chi connectivity index (χ3n) is 5.96. The molecule has 1 aromatic rings. The van der Waals surface area contributed by atoms with Gasteiger partial charge in [-0.25, -0.2) is 0 Å². The summed E-state index contributed by atoms with van der Waals surface area (Å²) in [7, 11) is 0. The average Bonchev–Trinajstić information content (AvgIpc) is 2.74. The van der Waals surface area contributed by atoms with Gasteiger partial charge < -0.3 is 10.6 Å². The number of amides is 2. The lowest BCUT2D eigenvalue weighted by atomic mass is 9.92. The Hall–Kier alpha value is -2.39. The van der Waals surface area contributed by atoms with E-state index in [9.17, 15) is 9.59 Å². The van der Waals surface area contributed by atoms with E-state index in [4.69, 9.17) is 5.26 Å². The first kappa shape index (κ1) is 20.3. The van der Waals surface area contributed by atoms with Gasteiger partial charge in [-0.3, -0.25) is 14.5 Å². The first-order valence-electron chi connectivity index (χ1n) is 10.4. The number of carbonyl (C=O) groups is 2. The van der Waals surface area contributed by atoms with Gasteiger partial charge in [-0.15, -0.1) is 0 Å². The summed E-state index contributed by atoms with van der Waals surface area (Å²) in [6, 6.07) is 8.99. The molecule has 0 bridgehead atoms. The Kier molecular flexibility index (Phi) is 7.05. The van der Waals surface area contributed by atoms with Crippen LogP contribution in [0.4, 0.5) is 5.69 Å². The smallest absolute Gasteiger partial charge is 0.241 e. The molecule has 6 heteroatoms. The predicted octanol–water partition coefficient (Wildman–Crippen LogP) is 3.05. The van der Waals surface area contributed by atoms with Gasteiger partial charge in [0.2, 0.25) is 11.8 Å². The average molecular weight is 383 g/mol. The lowest BCUT2D eigenvalue weighted by molar-refractivity contribution is -0.130. The first-order chi connectivity index (χ1) is 13.6. The second-order valence-corrected chi connectivity index (χ2v) is 8.04. The van der Waals surface area contributed by atoms with Crippen LogP contribution in [-0.2, 0) is 9.59 Å². The third-order valence-corrected chi connectivity index (χ3v) is 5.96. The Morgan fingerprint density at radius 2 is 1.96 bits per heavy atom. The van der Waals surface area contributed by atoms with Crippen LogP contribution in [-0.4, -0.2) is 41.9 Å². The number of nitrogens with one attached hydrogen (secondary N) is 2. The van der Waals surface area contributed by atoms with Crippen molar-refractivity contribution in [3.63, 3.8) is 0 Å². The molecular formula is C22H30N4O2. The van der Waals surface area contributed by atoms with Crippen LogP contribution < -0.4 is 10.6 Å². The molecule has 0 spiro atoms. The van der Waals surface area contributed by atoms with Crippen molar-refractivity contribution in [2.45, 2.75) is 64.0 Å². The molecule has 0 radical (unpaired) electrons. The van der Waals surface area contributed by atoms with E-state index in [0.717, 1.165) is 32.2 Å². The molecule has 1 aliphatic carbocycles. The van der Waals surface area contributed by atoms with E-state index in [1.54, 1.807) is 24.3 Å². The molecule has 2 fully saturated rings. The van der Waals surface area contributed by atoms with Crippen LogP contribution in [0.25, 0.3) is 0 Å². The molecule has 28 heavy (non-hydrogen) atoms. The summed E-state index contributed by atoms with van der Waals surface area (Å²) in [6.07, 6.45) is 7.65. The molecule has 1 saturated heterocycles. The van der Waals surface area contributed by atoms with Gasteiger partial charge in [0.05, 0.1) is 23.6 Å². The van der Waals surface area contributed by atoms with Gasteiger partial charge in [-0.05, 0) is 57.4 Å². The monoisotopic (exact) mass is 382 g/mol. The number of rotatable bonds is 5. The second kappa shape index (κ2) is 9.70. The fourth-order valence-corrected chi connectivity index (χ4v) is 4.22. The summed E-state index contributed by atoms with van der Waals surface area (Å²) in [5.74, 6) is -0.0119. The van der Waals surface area contributed by atoms with Crippen molar-refractivity contribution in [3.05, 3.63) is 29.8 Å². The maximum atomic E-state index is 12.7. The second-order valence-electron chi connectivity index (χ2n) is 8.04. The highest BCUT2D eigenvalue weighted by molar-refractivity contribution is 5.94. The molecule has 2 N–H and O–H groups in total. The number of carbonyl (C=O) groups excluding carboxylic acids is 2. The van der Waals surface area contributed by atoms with Crippen molar-refractivity contribution in [3.8, 4) is 6.07 Å². The van der Waals surface area contributed by atoms with Crippen LogP contribution >= 0.6 is 0 Å². The van der Waals surface area contributed by atoms with Crippen LogP contribution in [0.2, 0.25) is 0 Å². The highest BCUT2D eigenvalue weighted by atomic mass is 16.2. The molecule has 0 aromatic heterocycles. The fraction of sp³-hybridized carbons (Fsp3) is 0.591. The zero-order chi connectivity index (χ0) is 19.9. The quantitative estimate of drug-likeness (QED) is 0.820. The van der Waals surface area contributed by atoms with Crippen molar-refractivity contribution >= 4 is 17.5 Å². The maximum Gasteiger partial charge on any atom is 0.241 e. The Bertz CT molecular complexity index is 736. The van der Waals surface area contributed by atoms with Crippen molar-refractivity contribution in [1.29, 1.82) is 5.26 Å². The highest BCUT2D eigenvalue weighted by Crippen LogP contribution is 2.22. The molecule has 2 unspecified atom stereocenters. The molecule has 2 amide bonds. The van der Waals surface area contributed by atoms with E-state index in [2.05, 4.69) is 21.6 Å². The molecule has 2 atom stereocenters. The van der Waals surface area contributed by atoms with E-state index in [0.29, 0.717) is 23.8 Å². The summed E-state index contributed by atoms with van der Waals surface area (Å²) < 4.78 is 0. The molecule has 1 heterocycles. The van der Waals surface area contributed by atoms with Crippen LogP contribution in [0.5, 0.6) is 0 Å². The van der Waals surface area contributed by atoms with Crippen LogP contribution in [0, 0.1) is 17.2 Å². The minimum absolute atomic E-state index is 0.0483. The molecule has 6 nitrogen and oxygen atoms in total. The minimum atomic E-state index is -0.323. The lowest BCUT2D eigenvalue weighted by Gasteiger charge is -2.36. The van der Waals surface area contributed by atoms with E-state index >= 15 is 0 Å². The van der Waals surface area contributed by atoms with Crippen molar-refractivity contribution in [2.24, 2.45) is 5.92 Å². The Morgan fingerprint density at radius 3 is 2.71 bits per heavy atom. The van der Waals surface area contributed by atoms with Gasteiger partial charge in [-0.2, -0.15) is 5.26 Å². The lowest BCUT2D eigenvalue weighted by Crippen LogP contribution is -2.51. The summed E-state index contributed by atoms with van der Waals surface area (Å²) in [5, 5.41) is 15.1. The number of benzene rings is 1. The Labute approximate surface area is 167 Å². The summed E-state index contributed by atoms with van der Waals surface area (Å²) in [6.45, 7) is 3.32. The maximum absolute atomic E-state index is 12.7. The molecule has 1 aromatic carbocycles. The number of piperidine rings is 1. The van der Waals surface area contributed by atoms with Gasteiger partial charge in [0.1, 0.15) is 0 Å². The third kappa shape index (κ3) is 5.32. The number of nitrogens with zero attached hydrogens (tertiary/aromatic N) is 2. The van der Waals surface area contributed by atoms with Crippen LogP contribution in [0.15, 0.2) is 24.3 Å². The van der Waals surface area contributed by atoms with E-state index in [-0.39, 0.29) is 23.8 Å². The predicted molar refractivity (Wildman–Crippen MR) is 109 cm³/mol. The number of anilines is 1. The normalized spacial score (nSPS) is 22.1. The minimum Gasteiger partial charge on any atom is -0.353 e. The van der Waals surface area contributed by atoms with Gasteiger partial charge in [0, 0.05) is 18.3 Å². The molecule has 2 aliphatic rings. The van der Waals surface area contributed by atoms with Gasteiger partial charge in [0.25, 0.3) is 0 Å².